The maximum Gasteiger partial charge on any atom is 0.165 e. The van der Waals surface area contributed by atoms with E-state index in [2.05, 4.69) is 0 Å². The fourth-order valence-corrected chi connectivity index (χ4v) is 2.18. The van der Waals surface area contributed by atoms with Crippen LogP contribution in [0.25, 0.3) is 0 Å². The second-order valence-electron chi connectivity index (χ2n) is 4.39. The van der Waals surface area contributed by atoms with Crippen LogP contribution in [0, 0.1) is 5.82 Å². The Morgan fingerprint density at radius 3 is 2.71 bits per heavy atom. The molecule has 94 valence electrons. The molecular formula is C13H18FNO2. The van der Waals surface area contributed by atoms with Gasteiger partial charge in [-0.05, 0) is 37.6 Å². The number of nitrogens with two attached hydrogens (primary N) is 1. The molecule has 3 nitrogen and oxygen atoms in total. The van der Waals surface area contributed by atoms with Crippen LogP contribution in [0.5, 0.6) is 5.75 Å². The number of benzene rings is 1. The summed E-state index contributed by atoms with van der Waals surface area (Å²) in [4.78, 5) is 0. The summed E-state index contributed by atoms with van der Waals surface area (Å²) in [6, 6.07) is 5.14. The Morgan fingerprint density at radius 2 is 2.24 bits per heavy atom. The average Bonchev–Trinajstić information content (AvgIpc) is 2.27. The molecule has 0 aromatic heterocycles. The van der Waals surface area contributed by atoms with E-state index in [1.807, 2.05) is 13.0 Å². The molecule has 1 aromatic rings. The monoisotopic (exact) mass is 239 g/mol. The fourth-order valence-electron chi connectivity index (χ4n) is 2.18. The highest BCUT2D eigenvalue weighted by Crippen LogP contribution is 2.36. The van der Waals surface area contributed by atoms with Gasteiger partial charge >= 0.3 is 0 Å². The molecule has 2 rings (SSSR count). The van der Waals surface area contributed by atoms with Crippen LogP contribution in [0.3, 0.4) is 0 Å². The standard InChI is InChI=1S/C13H18FNO2/c1-2-17-12-4-3-10(7-11(12)14)13(5-6-15)8-16-9-13/h3-4,7H,2,5-6,8-9,15H2,1H3. The van der Waals surface area contributed by atoms with Crippen LogP contribution in [0.2, 0.25) is 0 Å². The molecular weight excluding hydrogens is 221 g/mol. The Labute approximate surface area is 101 Å². The molecule has 4 heteroatoms. The zero-order chi connectivity index (χ0) is 12.3. The van der Waals surface area contributed by atoms with E-state index in [1.165, 1.54) is 0 Å². The first-order valence-electron chi connectivity index (χ1n) is 5.92. The van der Waals surface area contributed by atoms with E-state index in [-0.39, 0.29) is 11.2 Å². The maximum absolute atomic E-state index is 13.8. The predicted octanol–water partition coefficient (Wildman–Crippen LogP) is 1.84. The van der Waals surface area contributed by atoms with Gasteiger partial charge in [0, 0.05) is 5.41 Å². The first-order chi connectivity index (χ1) is 8.22. The highest BCUT2D eigenvalue weighted by atomic mass is 19.1. The van der Waals surface area contributed by atoms with Gasteiger partial charge in [0.05, 0.1) is 19.8 Å². The van der Waals surface area contributed by atoms with Crippen molar-refractivity contribution in [2.24, 2.45) is 5.73 Å². The second kappa shape index (κ2) is 5.02. The van der Waals surface area contributed by atoms with Gasteiger partial charge in [-0.1, -0.05) is 6.07 Å². The van der Waals surface area contributed by atoms with Crippen molar-refractivity contribution < 1.29 is 13.9 Å². The van der Waals surface area contributed by atoms with Crippen LogP contribution in [-0.2, 0) is 10.2 Å². The van der Waals surface area contributed by atoms with Gasteiger partial charge in [-0.15, -0.1) is 0 Å². The molecule has 1 aromatic carbocycles. The summed E-state index contributed by atoms with van der Waals surface area (Å²) in [5, 5.41) is 0. The average molecular weight is 239 g/mol. The van der Waals surface area contributed by atoms with Crippen LogP contribution in [0.4, 0.5) is 4.39 Å². The summed E-state index contributed by atoms with van der Waals surface area (Å²) in [6.45, 7) is 4.13. The third kappa shape index (κ3) is 2.28. The Hall–Kier alpha value is -1.13. The number of halogens is 1. The summed E-state index contributed by atoms with van der Waals surface area (Å²) < 4.78 is 24.2. The lowest BCUT2D eigenvalue weighted by atomic mass is 9.76. The van der Waals surface area contributed by atoms with E-state index in [0.717, 1.165) is 12.0 Å². The van der Waals surface area contributed by atoms with E-state index in [1.54, 1.807) is 12.1 Å². The molecule has 0 saturated carbocycles. The van der Waals surface area contributed by atoms with Crippen molar-refractivity contribution in [3.63, 3.8) is 0 Å². The topological polar surface area (TPSA) is 44.5 Å². The molecule has 1 aliphatic rings. The zero-order valence-electron chi connectivity index (χ0n) is 10.0. The van der Waals surface area contributed by atoms with Gasteiger partial charge in [0.2, 0.25) is 0 Å². The smallest absolute Gasteiger partial charge is 0.165 e. The van der Waals surface area contributed by atoms with Crippen molar-refractivity contribution in [1.82, 2.24) is 0 Å². The first-order valence-corrected chi connectivity index (χ1v) is 5.92. The number of hydrogen-bond acceptors (Lipinski definition) is 3. The molecule has 17 heavy (non-hydrogen) atoms. The molecule has 0 radical (unpaired) electrons. The first kappa shape index (κ1) is 12.3. The lowest BCUT2D eigenvalue weighted by Gasteiger charge is -2.42. The van der Waals surface area contributed by atoms with Gasteiger partial charge in [0.15, 0.2) is 11.6 Å². The summed E-state index contributed by atoms with van der Waals surface area (Å²) in [6.07, 6.45) is 0.820. The Bertz CT molecular complexity index is 391. The summed E-state index contributed by atoms with van der Waals surface area (Å²) in [5.41, 5.74) is 6.46. The van der Waals surface area contributed by atoms with E-state index in [4.69, 9.17) is 15.2 Å². The van der Waals surface area contributed by atoms with Gasteiger partial charge in [0.25, 0.3) is 0 Å². The van der Waals surface area contributed by atoms with Crippen LogP contribution >= 0.6 is 0 Å². The predicted molar refractivity (Wildman–Crippen MR) is 63.7 cm³/mol. The molecule has 1 fully saturated rings. The number of hydrogen-bond donors (Lipinski definition) is 1. The molecule has 1 aliphatic heterocycles. The highest BCUT2D eigenvalue weighted by molar-refractivity contribution is 5.35. The van der Waals surface area contributed by atoms with Gasteiger partial charge in [-0.25, -0.2) is 4.39 Å². The summed E-state index contributed by atoms with van der Waals surface area (Å²) >= 11 is 0. The lowest BCUT2D eigenvalue weighted by Crippen LogP contribution is -2.48. The molecule has 0 amide bonds. The second-order valence-corrected chi connectivity index (χ2v) is 4.39. The molecule has 0 atom stereocenters. The van der Waals surface area contributed by atoms with E-state index >= 15 is 0 Å². The quantitative estimate of drug-likeness (QED) is 0.852. The van der Waals surface area contributed by atoms with Crippen LogP contribution in [0.1, 0.15) is 18.9 Å². The largest absolute Gasteiger partial charge is 0.491 e. The SMILES string of the molecule is CCOc1ccc(C2(CCN)COC2)cc1F. The van der Waals surface area contributed by atoms with E-state index in [0.29, 0.717) is 32.1 Å². The van der Waals surface area contributed by atoms with Gasteiger partial charge < -0.3 is 15.2 Å². The van der Waals surface area contributed by atoms with Gasteiger partial charge in [0.1, 0.15) is 0 Å². The summed E-state index contributed by atoms with van der Waals surface area (Å²) in [7, 11) is 0. The third-order valence-electron chi connectivity index (χ3n) is 3.22. The zero-order valence-corrected chi connectivity index (χ0v) is 10.0. The summed E-state index contributed by atoms with van der Waals surface area (Å²) in [5.74, 6) is -0.00737. The van der Waals surface area contributed by atoms with Crippen molar-refractivity contribution in [3.8, 4) is 5.75 Å². The Balaban J connectivity index is 2.24. The highest BCUT2D eigenvalue weighted by Gasteiger charge is 2.39. The van der Waals surface area contributed by atoms with Crippen molar-refractivity contribution in [2.75, 3.05) is 26.4 Å². The van der Waals surface area contributed by atoms with Gasteiger partial charge in [-0.3, -0.25) is 0 Å². The maximum atomic E-state index is 13.8. The lowest BCUT2D eigenvalue weighted by molar-refractivity contribution is -0.0632. The van der Waals surface area contributed by atoms with E-state index in [9.17, 15) is 4.39 Å². The molecule has 0 aliphatic carbocycles. The Kier molecular flexibility index (Phi) is 3.64. The molecule has 0 unspecified atom stereocenters. The number of ether oxygens (including phenoxy) is 2. The fraction of sp³-hybridized carbons (Fsp3) is 0.538. The van der Waals surface area contributed by atoms with Crippen molar-refractivity contribution in [1.29, 1.82) is 0 Å². The Morgan fingerprint density at radius 1 is 1.47 bits per heavy atom. The van der Waals surface area contributed by atoms with Crippen LogP contribution in [0.15, 0.2) is 18.2 Å². The minimum absolute atomic E-state index is 0.0969. The van der Waals surface area contributed by atoms with Crippen molar-refractivity contribution >= 4 is 0 Å². The minimum atomic E-state index is -0.312. The molecule has 1 saturated heterocycles. The van der Waals surface area contributed by atoms with Crippen LogP contribution < -0.4 is 10.5 Å². The molecule has 2 N–H and O–H groups in total. The third-order valence-corrected chi connectivity index (χ3v) is 3.22. The molecule has 0 spiro atoms. The van der Waals surface area contributed by atoms with Crippen molar-refractivity contribution in [3.05, 3.63) is 29.6 Å². The van der Waals surface area contributed by atoms with Crippen LogP contribution in [-0.4, -0.2) is 26.4 Å². The number of rotatable bonds is 5. The minimum Gasteiger partial charge on any atom is -0.491 e. The normalized spacial score (nSPS) is 17.6. The van der Waals surface area contributed by atoms with Gasteiger partial charge in [-0.2, -0.15) is 0 Å². The van der Waals surface area contributed by atoms with E-state index < -0.39 is 0 Å². The molecule has 1 heterocycles. The van der Waals surface area contributed by atoms with Crippen molar-refractivity contribution in [2.45, 2.75) is 18.8 Å². The molecule has 0 bridgehead atoms.